The quantitative estimate of drug-likeness (QED) is 0.686. The largest absolute Gasteiger partial charge is 0.459 e. The number of aryl methyl sites for hydroxylation is 1. The molecule has 3 amide bonds. The third kappa shape index (κ3) is 3.27. The topological polar surface area (TPSA) is 106 Å². The minimum Gasteiger partial charge on any atom is -0.459 e. The molecule has 2 heterocycles. The fraction of sp³-hybridized carbons (Fsp3) is 0.0476. The highest BCUT2D eigenvalue weighted by Crippen LogP contribution is 2.24. The number of carbonyl (C=O) groups excluding carboxylic acids is 4. The molecule has 8 heteroatoms. The monoisotopic (exact) mass is 390 g/mol. The summed E-state index contributed by atoms with van der Waals surface area (Å²) in [6.07, 6.45) is 1.37. The summed E-state index contributed by atoms with van der Waals surface area (Å²) in [6, 6.07) is 13.8. The van der Waals surface area contributed by atoms with Gasteiger partial charge in [0.25, 0.3) is 17.7 Å². The number of imide groups is 1. The van der Waals surface area contributed by atoms with Crippen LogP contribution in [0.5, 0.6) is 0 Å². The van der Waals surface area contributed by atoms with Gasteiger partial charge in [-0.3, -0.25) is 14.4 Å². The van der Waals surface area contributed by atoms with Crippen molar-refractivity contribution in [3.8, 4) is 0 Å². The zero-order valence-corrected chi connectivity index (χ0v) is 15.2. The molecule has 0 saturated carbocycles. The molecule has 4 rings (SSSR count). The van der Waals surface area contributed by atoms with E-state index in [2.05, 4.69) is 5.32 Å². The Morgan fingerprint density at radius 2 is 1.66 bits per heavy atom. The van der Waals surface area contributed by atoms with Crippen LogP contribution in [0.1, 0.15) is 47.2 Å². The third-order valence-electron chi connectivity index (χ3n) is 4.40. The number of carbonyl (C=O) groups is 4. The highest BCUT2D eigenvalue weighted by Gasteiger charge is 2.38. The van der Waals surface area contributed by atoms with E-state index in [0.29, 0.717) is 16.3 Å². The smallest absolute Gasteiger partial charge is 0.364 e. The minimum atomic E-state index is -0.909. The molecule has 2 aromatic carbocycles. The molecule has 1 aliphatic rings. The molecule has 1 aliphatic heterocycles. The minimum absolute atomic E-state index is 0.0573. The summed E-state index contributed by atoms with van der Waals surface area (Å²) in [4.78, 5) is 54.4. The second-order valence-corrected chi connectivity index (χ2v) is 6.29. The molecule has 144 valence electrons. The van der Waals surface area contributed by atoms with E-state index in [0.717, 1.165) is 0 Å². The predicted molar refractivity (Wildman–Crippen MR) is 100 cm³/mol. The van der Waals surface area contributed by atoms with Crippen LogP contribution in [0.25, 0.3) is 0 Å². The summed E-state index contributed by atoms with van der Waals surface area (Å²) >= 11 is 0. The van der Waals surface area contributed by atoms with Gasteiger partial charge in [0.1, 0.15) is 0 Å². The number of fused-ring (bicyclic) bond motifs is 1. The van der Waals surface area contributed by atoms with E-state index in [-0.39, 0.29) is 22.5 Å². The zero-order valence-electron chi connectivity index (χ0n) is 15.2. The number of hydrogen-bond acceptors (Lipinski definition) is 6. The molecule has 0 bridgehead atoms. The first kappa shape index (κ1) is 18.2. The number of rotatable bonds is 4. The summed E-state index contributed by atoms with van der Waals surface area (Å²) in [7, 11) is 0. The van der Waals surface area contributed by atoms with Crippen LogP contribution in [0, 0.1) is 6.92 Å². The van der Waals surface area contributed by atoms with Crippen LogP contribution >= 0.6 is 0 Å². The van der Waals surface area contributed by atoms with Crippen molar-refractivity contribution >= 4 is 29.4 Å². The van der Waals surface area contributed by atoms with Gasteiger partial charge in [-0.15, -0.1) is 0 Å². The van der Waals surface area contributed by atoms with Crippen molar-refractivity contribution in [3.63, 3.8) is 0 Å². The van der Waals surface area contributed by atoms with E-state index in [1.54, 1.807) is 31.2 Å². The SMILES string of the molecule is Cc1ccc(C(=O)ON2C(=O)c3ccccc3C2=O)cc1NC(=O)c1ccco1. The van der Waals surface area contributed by atoms with Crippen LogP contribution < -0.4 is 5.32 Å². The first-order valence-corrected chi connectivity index (χ1v) is 8.61. The summed E-state index contributed by atoms with van der Waals surface area (Å²) in [6.45, 7) is 1.75. The predicted octanol–water partition coefficient (Wildman–Crippen LogP) is 3.21. The van der Waals surface area contributed by atoms with Crippen LogP contribution in [0.2, 0.25) is 0 Å². The maximum absolute atomic E-state index is 12.5. The zero-order chi connectivity index (χ0) is 20.5. The second kappa shape index (κ2) is 7.08. The van der Waals surface area contributed by atoms with Crippen LogP contribution in [0.4, 0.5) is 5.69 Å². The third-order valence-corrected chi connectivity index (χ3v) is 4.40. The molecule has 3 aromatic rings. The first-order chi connectivity index (χ1) is 14.0. The molecule has 29 heavy (non-hydrogen) atoms. The maximum atomic E-state index is 12.5. The van der Waals surface area contributed by atoms with Crippen molar-refractivity contribution in [2.45, 2.75) is 6.92 Å². The molecule has 1 aromatic heterocycles. The Labute approximate surface area is 164 Å². The van der Waals surface area contributed by atoms with Gasteiger partial charge in [0.05, 0.1) is 23.0 Å². The Morgan fingerprint density at radius 1 is 0.966 bits per heavy atom. The van der Waals surface area contributed by atoms with E-state index in [9.17, 15) is 19.2 Å². The van der Waals surface area contributed by atoms with Gasteiger partial charge >= 0.3 is 5.97 Å². The van der Waals surface area contributed by atoms with E-state index >= 15 is 0 Å². The lowest BCUT2D eigenvalue weighted by Gasteiger charge is -2.14. The van der Waals surface area contributed by atoms with Crippen LogP contribution in [-0.2, 0) is 4.84 Å². The molecule has 8 nitrogen and oxygen atoms in total. The molecular formula is C21H14N2O6. The van der Waals surface area contributed by atoms with Gasteiger partial charge in [0, 0.05) is 5.69 Å². The van der Waals surface area contributed by atoms with Crippen LogP contribution in [-0.4, -0.2) is 28.8 Å². The van der Waals surface area contributed by atoms with E-state index in [4.69, 9.17) is 9.25 Å². The van der Waals surface area contributed by atoms with E-state index in [1.807, 2.05) is 0 Å². The molecule has 0 atom stereocenters. The van der Waals surface area contributed by atoms with Gasteiger partial charge < -0.3 is 14.6 Å². The fourth-order valence-electron chi connectivity index (χ4n) is 2.86. The molecule has 0 saturated heterocycles. The Kier molecular flexibility index (Phi) is 4.44. The van der Waals surface area contributed by atoms with Crippen molar-refractivity contribution in [1.82, 2.24) is 5.06 Å². The van der Waals surface area contributed by atoms with Gasteiger partial charge in [-0.05, 0) is 48.9 Å². The number of hydroxylamine groups is 2. The normalized spacial score (nSPS) is 12.7. The standard InChI is InChI=1S/C21H14N2O6/c1-12-8-9-13(11-16(12)22-18(24)17-7-4-10-28-17)21(27)29-23-19(25)14-5-2-3-6-15(14)20(23)26/h2-11H,1H3,(H,22,24). The Bertz CT molecular complexity index is 1110. The summed E-state index contributed by atoms with van der Waals surface area (Å²) in [5.41, 5.74) is 1.45. The van der Waals surface area contributed by atoms with Crippen molar-refractivity contribution < 1.29 is 28.4 Å². The Hall–Kier alpha value is -4.20. The lowest BCUT2D eigenvalue weighted by atomic mass is 10.1. The Balaban J connectivity index is 1.53. The average Bonchev–Trinajstić information content (AvgIpc) is 3.34. The van der Waals surface area contributed by atoms with Crippen molar-refractivity contribution in [2.24, 2.45) is 0 Å². The molecule has 0 spiro atoms. The van der Waals surface area contributed by atoms with Crippen molar-refractivity contribution in [3.05, 3.63) is 88.9 Å². The average molecular weight is 390 g/mol. The number of nitrogens with one attached hydrogen (secondary N) is 1. The van der Waals surface area contributed by atoms with Crippen molar-refractivity contribution in [2.75, 3.05) is 5.32 Å². The lowest BCUT2D eigenvalue weighted by molar-refractivity contribution is -0.0584. The van der Waals surface area contributed by atoms with E-state index < -0.39 is 23.7 Å². The molecular weight excluding hydrogens is 376 g/mol. The van der Waals surface area contributed by atoms with Crippen LogP contribution in [0.15, 0.2) is 65.3 Å². The molecule has 0 fully saturated rings. The number of benzene rings is 2. The molecule has 1 N–H and O–H groups in total. The van der Waals surface area contributed by atoms with E-state index in [1.165, 1.54) is 36.6 Å². The number of anilines is 1. The van der Waals surface area contributed by atoms with Gasteiger partial charge in [0.15, 0.2) is 5.76 Å². The van der Waals surface area contributed by atoms with Crippen molar-refractivity contribution in [1.29, 1.82) is 0 Å². The molecule has 0 radical (unpaired) electrons. The molecule has 0 aliphatic carbocycles. The lowest BCUT2D eigenvalue weighted by Crippen LogP contribution is -2.32. The van der Waals surface area contributed by atoms with Gasteiger partial charge in [0.2, 0.25) is 0 Å². The first-order valence-electron chi connectivity index (χ1n) is 8.61. The highest BCUT2D eigenvalue weighted by molar-refractivity contribution is 6.21. The maximum Gasteiger partial charge on any atom is 0.364 e. The highest BCUT2D eigenvalue weighted by atomic mass is 16.7. The number of hydrogen-bond donors (Lipinski definition) is 1. The van der Waals surface area contributed by atoms with Crippen LogP contribution in [0.3, 0.4) is 0 Å². The second-order valence-electron chi connectivity index (χ2n) is 6.29. The fourth-order valence-corrected chi connectivity index (χ4v) is 2.86. The number of furan rings is 1. The number of amides is 3. The van der Waals surface area contributed by atoms with Gasteiger partial charge in [-0.1, -0.05) is 23.3 Å². The summed E-state index contributed by atoms with van der Waals surface area (Å²) < 4.78 is 5.04. The molecule has 0 unspecified atom stereocenters. The Morgan fingerprint density at radius 3 is 2.28 bits per heavy atom. The van der Waals surface area contributed by atoms with Gasteiger partial charge in [-0.2, -0.15) is 0 Å². The summed E-state index contributed by atoms with van der Waals surface area (Å²) in [5.74, 6) is -2.70. The summed E-state index contributed by atoms with van der Waals surface area (Å²) in [5, 5.41) is 3.08. The number of nitrogens with zero attached hydrogens (tertiary/aromatic N) is 1. The van der Waals surface area contributed by atoms with Gasteiger partial charge in [-0.25, -0.2) is 4.79 Å².